The molecule has 1 fully saturated rings. The summed E-state index contributed by atoms with van der Waals surface area (Å²) >= 11 is 0. The van der Waals surface area contributed by atoms with Gasteiger partial charge in [-0.1, -0.05) is 0 Å². The highest BCUT2D eigenvalue weighted by atomic mass is 16.5. The van der Waals surface area contributed by atoms with Crippen molar-refractivity contribution in [3.8, 4) is 11.5 Å². The average molecular weight is 289 g/mol. The lowest BCUT2D eigenvalue weighted by molar-refractivity contribution is 0.0310. The number of benzene rings is 1. The molecule has 1 unspecified atom stereocenters. The standard InChI is InChI=1S/C18H27NO2/c1-12-13(2)17-15(14(3)16(12)20)7-8-18(4,21-17)11-19-9-5-6-10-19/h20H,5-11H2,1-4H3. The number of rotatable bonds is 2. The molecular weight excluding hydrogens is 262 g/mol. The van der Waals surface area contributed by atoms with Gasteiger partial charge in [0, 0.05) is 12.1 Å². The van der Waals surface area contributed by atoms with E-state index in [4.69, 9.17) is 4.74 Å². The third-order valence-corrected chi connectivity index (χ3v) is 5.35. The molecule has 0 radical (unpaired) electrons. The summed E-state index contributed by atoms with van der Waals surface area (Å²) < 4.78 is 6.48. The van der Waals surface area contributed by atoms with Crippen LogP contribution < -0.4 is 4.74 Å². The van der Waals surface area contributed by atoms with Gasteiger partial charge in [-0.05, 0) is 83.2 Å². The molecule has 0 bridgehead atoms. The fourth-order valence-electron chi connectivity index (χ4n) is 3.82. The monoisotopic (exact) mass is 289 g/mol. The van der Waals surface area contributed by atoms with Gasteiger partial charge in [-0.2, -0.15) is 0 Å². The Morgan fingerprint density at radius 1 is 1.10 bits per heavy atom. The van der Waals surface area contributed by atoms with Crippen LogP contribution in [0.5, 0.6) is 11.5 Å². The number of phenols is 1. The first kappa shape index (κ1) is 14.7. The van der Waals surface area contributed by atoms with Gasteiger partial charge in [0.05, 0.1) is 0 Å². The first-order chi connectivity index (χ1) is 9.91. The zero-order valence-electron chi connectivity index (χ0n) is 13.8. The van der Waals surface area contributed by atoms with E-state index in [2.05, 4.69) is 18.7 Å². The molecule has 1 aromatic carbocycles. The molecule has 3 rings (SSSR count). The van der Waals surface area contributed by atoms with E-state index in [1.54, 1.807) is 0 Å². The van der Waals surface area contributed by atoms with Gasteiger partial charge >= 0.3 is 0 Å². The summed E-state index contributed by atoms with van der Waals surface area (Å²) in [6.45, 7) is 11.7. The van der Waals surface area contributed by atoms with Gasteiger partial charge < -0.3 is 9.84 Å². The second-order valence-electron chi connectivity index (χ2n) is 7.07. The molecule has 1 N–H and O–H groups in total. The zero-order valence-corrected chi connectivity index (χ0v) is 13.8. The van der Waals surface area contributed by atoms with Gasteiger partial charge in [0.1, 0.15) is 17.1 Å². The molecule has 0 saturated carbocycles. The number of aromatic hydroxyl groups is 1. The fourth-order valence-corrected chi connectivity index (χ4v) is 3.82. The van der Waals surface area contributed by atoms with Crippen LogP contribution in [-0.2, 0) is 6.42 Å². The number of hydrogen-bond acceptors (Lipinski definition) is 3. The van der Waals surface area contributed by atoms with Crippen LogP contribution in [0, 0.1) is 20.8 Å². The van der Waals surface area contributed by atoms with Crippen molar-refractivity contribution in [2.75, 3.05) is 19.6 Å². The molecule has 0 spiro atoms. The fraction of sp³-hybridized carbons (Fsp3) is 0.667. The number of nitrogens with zero attached hydrogens (tertiary/aromatic N) is 1. The van der Waals surface area contributed by atoms with E-state index in [9.17, 15) is 5.11 Å². The summed E-state index contributed by atoms with van der Waals surface area (Å²) in [5.74, 6) is 1.47. The number of phenolic OH excluding ortho intramolecular Hbond substituents is 1. The lowest BCUT2D eigenvalue weighted by Gasteiger charge is -2.40. The largest absolute Gasteiger partial charge is 0.507 e. The molecule has 3 nitrogen and oxygen atoms in total. The van der Waals surface area contributed by atoms with Crippen LogP contribution in [0.2, 0.25) is 0 Å². The number of fused-ring (bicyclic) bond motifs is 1. The predicted molar refractivity (Wildman–Crippen MR) is 85.3 cm³/mol. The van der Waals surface area contributed by atoms with Crippen LogP contribution in [0.4, 0.5) is 0 Å². The van der Waals surface area contributed by atoms with Gasteiger partial charge in [0.15, 0.2) is 0 Å². The third kappa shape index (κ3) is 2.52. The highest BCUT2D eigenvalue weighted by Gasteiger charge is 2.36. The van der Waals surface area contributed by atoms with E-state index >= 15 is 0 Å². The predicted octanol–water partition coefficient (Wildman–Crippen LogP) is 3.50. The molecule has 2 heterocycles. The Hall–Kier alpha value is -1.22. The van der Waals surface area contributed by atoms with Gasteiger partial charge in [-0.3, -0.25) is 4.90 Å². The van der Waals surface area contributed by atoms with E-state index < -0.39 is 0 Å². The topological polar surface area (TPSA) is 32.7 Å². The molecule has 116 valence electrons. The summed E-state index contributed by atoms with van der Waals surface area (Å²) in [4.78, 5) is 2.53. The molecule has 21 heavy (non-hydrogen) atoms. The van der Waals surface area contributed by atoms with Crippen molar-refractivity contribution in [2.45, 2.75) is 59.0 Å². The Labute approximate surface area is 127 Å². The maximum atomic E-state index is 10.2. The van der Waals surface area contributed by atoms with Crippen LogP contribution in [-0.4, -0.2) is 35.2 Å². The lowest BCUT2D eigenvalue weighted by Crippen LogP contribution is -2.46. The van der Waals surface area contributed by atoms with Crippen LogP contribution >= 0.6 is 0 Å². The highest BCUT2D eigenvalue weighted by molar-refractivity contribution is 5.58. The van der Waals surface area contributed by atoms with Crippen LogP contribution in [0.1, 0.15) is 48.4 Å². The van der Waals surface area contributed by atoms with Crippen molar-refractivity contribution >= 4 is 0 Å². The quantitative estimate of drug-likeness (QED) is 0.904. The van der Waals surface area contributed by atoms with Gasteiger partial charge in [-0.15, -0.1) is 0 Å². The third-order valence-electron chi connectivity index (χ3n) is 5.35. The number of likely N-dealkylation sites (tertiary alicyclic amines) is 1. The molecule has 0 aromatic heterocycles. The molecule has 3 heteroatoms. The van der Waals surface area contributed by atoms with Crippen molar-refractivity contribution in [2.24, 2.45) is 0 Å². The normalized spacial score (nSPS) is 25.7. The van der Waals surface area contributed by atoms with Crippen molar-refractivity contribution in [1.29, 1.82) is 0 Å². The minimum atomic E-state index is -0.0993. The minimum Gasteiger partial charge on any atom is -0.507 e. The van der Waals surface area contributed by atoms with Crippen molar-refractivity contribution in [3.05, 3.63) is 22.3 Å². The van der Waals surface area contributed by atoms with Crippen LogP contribution in [0.15, 0.2) is 0 Å². The SMILES string of the molecule is Cc1c(C)c2c(c(C)c1O)CCC(C)(CN1CCCC1)O2. The van der Waals surface area contributed by atoms with Crippen molar-refractivity contribution < 1.29 is 9.84 Å². The summed E-state index contributed by atoms with van der Waals surface area (Å²) in [6, 6.07) is 0. The number of hydrogen-bond donors (Lipinski definition) is 1. The lowest BCUT2D eigenvalue weighted by atomic mass is 9.87. The molecule has 0 aliphatic carbocycles. The van der Waals surface area contributed by atoms with E-state index in [0.717, 1.165) is 41.8 Å². The summed E-state index contributed by atoms with van der Waals surface area (Å²) in [5.41, 5.74) is 4.15. The molecule has 2 aliphatic rings. The van der Waals surface area contributed by atoms with Crippen molar-refractivity contribution in [1.82, 2.24) is 4.90 Å². The van der Waals surface area contributed by atoms with Gasteiger partial charge in [0.25, 0.3) is 0 Å². The molecule has 1 aromatic rings. The second-order valence-corrected chi connectivity index (χ2v) is 7.07. The summed E-state index contributed by atoms with van der Waals surface area (Å²) in [7, 11) is 0. The van der Waals surface area contributed by atoms with E-state index in [1.807, 2.05) is 13.8 Å². The maximum absolute atomic E-state index is 10.2. The summed E-state index contributed by atoms with van der Waals surface area (Å²) in [5, 5.41) is 10.2. The second kappa shape index (κ2) is 5.20. The Bertz CT molecular complexity index is 561. The highest BCUT2D eigenvalue weighted by Crippen LogP contribution is 2.43. The van der Waals surface area contributed by atoms with E-state index in [1.165, 1.54) is 31.5 Å². The van der Waals surface area contributed by atoms with Crippen LogP contribution in [0.3, 0.4) is 0 Å². The zero-order chi connectivity index (χ0) is 15.2. The average Bonchev–Trinajstić information content (AvgIpc) is 2.95. The van der Waals surface area contributed by atoms with Gasteiger partial charge in [0.2, 0.25) is 0 Å². The Balaban J connectivity index is 1.91. The first-order valence-corrected chi connectivity index (χ1v) is 8.14. The first-order valence-electron chi connectivity index (χ1n) is 8.14. The van der Waals surface area contributed by atoms with Crippen molar-refractivity contribution in [3.63, 3.8) is 0 Å². The molecule has 2 aliphatic heterocycles. The smallest absolute Gasteiger partial charge is 0.127 e. The molecule has 1 saturated heterocycles. The summed E-state index contributed by atoms with van der Waals surface area (Å²) in [6.07, 6.45) is 4.66. The maximum Gasteiger partial charge on any atom is 0.127 e. The Morgan fingerprint density at radius 2 is 1.76 bits per heavy atom. The van der Waals surface area contributed by atoms with Gasteiger partial charge in [-0.25, -0.2) is 0 Å². The molecule has 1 atom stereocenters. The number of ether oxygens (including phenoxy) is 1. The molecule has 0 amide bonds. The Kier molecular flexibility index (Phi) is 3.64. The Morgan fingerprint density at radius 3 is 2.43 bits per heavy atom. The van der Waals surface area contributed by atoms with E-state index in [-0.39, 0.29) is 5.60 Å². The van der Waals surface area contributed by atoms with Crippen LogP contribution in [0.25, 0.3) is 0 Å². The van der Waals surface area contributed by atoms with E-state index in [0.29, 0.717) is 5.75 Å². The molecular formula is C18H27NO2. The minimum absolute atomic E-state index is 0.0993.